The van der Waals surface area contributed by atoms with Crippen LogP contribution >= 0.6 is 0 Å². The van der Waals surface area contributed by atoms with E-state index < -0.39 is 0 Å². The minimum Gasteiger partial charge on any atom is -0.271 e. The van der Waals surface area contributed by atoms with Gasteiger partial charge in [0.2, 0.25) is 0 Å². The molecule has 0 saturated heterocycles. The Balaban J connectivity index is 2.97. The molecule has 0 spiro atoms. The third-order valence-electron chi connectivity index (χ3n) is 2.33. The van der Waals surface area contributed by atoms with Gasteiger partial charge in [0.25, 0.3) is 0 Å². The summed E-state index contributed by atoms with van der Waals surface area (Å²) in [5.41, 5.74) is 5.25. The Hall–Kier alpha value is -1.30. The molecule has 1 aromatic rings. The smallest absolute Gasteiger partial charge is 0.0571 e. The Labute approximate surface area is 85.5 Å². The molecule has 0 heterocycles. The summed E-state index contributed by atoms with van der Waals surface area (Å²) >= 11 is 0. The minimum absolute atomic E-state index is 0.0659. The Morgan fingerprint density at radius 2 is 2.21 bits per heavy atom. The highest BCUT2D eigenvalue weighted by atomic mass is 15.2. The van der Waals surface area contributed by atoms with Crippen molar-refractivity contribution in [1.82, 2.24) is 5.43 Å². The molecule has 2 heteroatoms. The maximum atomic E-state index is 5.47. The van der Waals surface area contributed by atoms with E-state index in [1.807, 2.05) is 12.1 Å². The molecule has 1 rings (SSSR count). The second-order valence-electron chi connectivity index (χ2n) is 3.18. The van der Waals surface area contributed by atoms with Crippen LogP contribution in [-0.4, -0.2) is 0 Å². The Morgan fingerprint density at radius 1 is 1.50 bits per heavy atom. The lowest BCUT2D eigenvalue weighted by Crippen LogP contribution is -2.28. The molecule has 0 aliphatic heterocycles. The van der Waals surface area contributed by atoms with Crippen LogP contribution in [0.5, 0.6) is 0 Å². The van der Waals surface area contributed by atoms with Crippen molar-refractivity contribution >= 4 is 0 Å². The molecule has 1 atom stereocenters. The van der Waals surface area contributed by atoms with Crippen LogP contribution in [0.3, 0.4) is 0 Å². The van der Waals surface area contributed by atoms with E-state index in [2.05, 4.69) is 30.4 Å². The van der Waals surface area contributed by atoms with E-state index in [9.17, 15) is 0 Å². The highest BCUT2D eigenvalue weighted by molar-refractivity contribution is 5.30. The first kappa shape index (κ1) is 10.8. The zero-order valence-corrected chi connectivity index (χ0v) is 8.46. The van der Waals surface area contributed by atoms with Crippen molar-refractivity contribution in [2.45, 2.75) is 25.8 Å². The van der Waals surface area contributed by atoms with Crippen LogP contribution in [0.4, 0.5) is 0 Å². The van der Waals surface area contributed by atoms with Gasteiger partial charge in [-0.15, -0.1) is 12.3 Å². The second kappa shape index (κ2) is 5.43. The van der Waals surface area contributed by atoms with Gasteiger partial charge in [-0.3, -0.25) is 11.3 Å². The number of rotatable bonds is 4. The summed E-state index contributed by atoms with van der Waals surface area (Å²) in [6.07, 6.45) is 6.91. The van der Waals surface area contributed by atoms with E-state index in [-0.39, 0.29) is 6.04 Å². The Morgan fingerprint density at radius 3 is 2.79 bits per heavy atom. The summed E-state index contributed by atoms with van der Waals surface area (Å²) in [7, 11) is 0. The maximum Gasteiger partial charge on any atom is 0.0571 e. The standard InChI is InChI=1S/C12H16N2/c1-3-7-12(14-13)11-9-6-5-8-10(11)4-2/h1,5-6,8-9,12,14H,4,7,13H2,2H3. The molecule has 0 aliphatic carbocycles. The molecule has 3 N–H and O–H groups in total. The number of terminal acetylenes is 1. The summed E-state index contributed by atoms with van der Waals surface area (Å²) in [5.74, 6) is 8.09. The fourth-order valence-electron chi connectivity index (χ4n) is 1.57. The third-order valence-corrected chi connectivity index (χ3v) is 2.33. The first-order valence-electron chi connectivity index (χ1n) is 4.80. The maximum absolute atomic E-state index is 5.47. The number of nitrogens with one attached hydrogen (secondary N) is 1. The van der Waals surface area contributed by atoms with Crippen LogP contribution < -0.4 is 11.3 Å². The van der Waals surface area contributed by atoms with E-state index in [1.165, 1.54) is 11.1 Å². The summed E-state index contributed by atoms with van der Waals surface area (Å²) in [6, 6.07) is 8.29. The van der Waals surface area contributed by atoms with Crippen molar-refractivity contribution in [3.8, 4) is 12.3 Å². The van der Waals surface area contributed by atoms with Gasteiger partial charge in [-0.25, -0.2) is 0 Å². The molecule has 0 bridgehead atoms. The van der Waals surface area contributed by atoms with Gasteiger partial charge in [-0.05, 0) is 17.5 Å². The molecule has 74 valence electrons. The van der Waals surface area contributed by atoms with Crippen LogP contribution in [0.15, 0.2) is 24.3 Å². The molecule has 1 unspecified atom stereocenters. The first-order chi connectivity index (χ1) is 6.83. The molecule has 0 fully saturated rings. The predicted octanol–water partition coefficient (Wildman–Crippen LogP) is 1.78. The molecular formula is C12H16N2. The number of benzene rings is 1. The molecule has 0 aliphatic rings. The summed E-state index contributed by atoms with van der Waals surface area (Å²) in [6.45, 7) is 2.13. The fourth-order valence-corrected chi connectivity index (χ4v) is 1.57. The highest BCUT2D eigenvalue weighted by Crippen LogP contribution is 2.20. The first-order valence-corrected chi connectivity index (χ1v) is 4.80. The number of hydrogen-bond donors (Lipinski definition) is 2. The topological polar surface area (TPSA) is 38.0 Å². The van der Waals surface area contributed by atoms with Gasteiger partial charge in [0.15, 0.2) is 0 Å². The number of hydrazine groups is 1. The lowest BCUT2D eigenvalue weighted by molar-refractivity contribution is 0.563. The van der Waals surface area contributed by atoms with E-state index in [0.717, 1.165) is 6.42 Å². The largest absolute Gasteiger partial charge is 0.271 e. The van der Waals surface area contributed by atoms with Crippen LogP contribution in [0, 0.1) is 12.3 Å². The van der Waals surface area contributed by atoms with Crippen LogP contribution in [-0.2, 0) is 6.42 Å². The normalized spacial score (nSPS) is 12.1. The zero-order chi connectivity index (χ0) is 10.4. The third kappa shape index (κ3) is 2.35. The number of nitrogens with two attached hydrogens (primary N) is 1. The van der Waals surface area contributed by atoms with Gasteiger partial charge in [-0.2, -0.15) is 0 Å². The van der Waals surface area contributed by atoms with Crippen molar-refractivity contribution in [3.05, 3.63) is 35.4 Å². The molecular weight excluding hydrogens is 172 g/mol. The van der Waals surface area contributed by atoms with E-state index in [4.69, 9.17) is 12.3 Å². The van der Waals surface area contributed by atoms with Crippen molar-refractivity contribution in [3.63, 3.8) is 0 Å². The Bertz CT molecular complexity index is 325. The van der Waals surface area contributed by atoms with Gasteiger partial charge < -0.3 is 0 Å². The average Bonchev–Trinajstić information content (AvgIpc) is 2.26. The molecule has 14 heavy (non-hydrogen) atoms. The lowest BCUT2D eigenvalue weighted by Gasteiger charge is -2.16. The van der Waals surface area contributed by atoms with Gasteiger partial charge in [0.05, 0.1) is 6.04 Å². The SMILES string of the molecule is C#CCC(NN)c1ccccc1CC. The highest BCUT2D eigenvalue weighted by Gasteiger charge is 2.10. The lowest BCUT2D eigenvalue weighted by atomic mass is 9.97. The Kier molecular flexibility index (Phi) is 4.18. The van der Waals surface area contributed by atoms with E-state index >= 15 is 0 Å². The summed E-state index contributed by atoms with van der Waals surface area (Å²) in [5, 5.41) is 0. The monoisotopic (exact) mass is 188 g/mol. The van der Waals surface area contributed by atoms with Crippen molar-refractivity contribution in [2.75, 3.05) is 0 Å². The van der Waals surface area contributed by atoms with Crippen LogP contribution in [0.1, 0.15) is 30.5 Å². The average molecular weight is 188 g/mol. The van der Waals surface area contributed by atoms with Crippen molar-refractivity contribution in [2.24, 2.45) is 5.84 Å². The fraction of sp³-hybridized carbons (Fsp3) is 0.333. The summed E-state index contributed by atoms with van der Waals surface area (Å²) in [4.78, 5) is 0. The van der Waals surface area contributed by atoms with E-state index in [0.29, 0.717) is 6.42 Å². The quantitative estimate of drug-likeness (QED) is 0.429. The van der Waals surface area contributed by atoms with Crippen molar-refractivity contribution in [1.29, 1.82) is 0 Å². The molecule has 0 radical (unpaired) electrons. The predicted molar refractivity (Wildman–Crippen MR) is 59.3 cm³/mol. The summed E-state index contributed by atoms with van der Waals surface area (Å²) < 4.78 is 0. The van der Waals surface area contributed by atoms with E-state index in [1.54, 1.807) is 0 Å². The van der Waals surface area contributed by atoms with Gasteiger partial charge >= 0.3 is 0 Å². The van der Waals surface area contributed by atoms with Gasteiger partial charge in [-0.1, -0.05) is 31.2 Å². The van der Waals surface area contributed by atoms with Crippen LogP contribution in [0.2, 0.25) is 0 Å². The minimum atomic E-state index is 0.0659. The molecule has 1 aromatic carbocycles. The van der Waals surface area contributed by atoms with Gasteiger partial charge in [0, 0.05) is 6.42 Å². The van der Waals surface area contributed by atoms with Crippen molar-refractivity contribution < 1.29 is 0 Å². The second-order valence-corrected chi connectivity index (χ2v) is 3.18. The molecule has 0 aromatic heterocycles. The molecule has 0 saturated carbocycles. The van der Waals surface area contributed by atoms with Crippen LogP contribution in [0.25, 0.3) is 0 Å². The number of hydrogen-bond acceptors (Lipinski definition) is 2. The molecule has 2 nitrogen and oxygen atoms in total. The molecule has 0 amide bonds. The van der Waals surface area contributed by atoms with Gasteiger partial charge in [0.1, 0.15) is 0 Å². The zero-order valence-electron chi connectivity index (χ0n) is 8.46. The number of aryl methyl sites for hydroxylation is 1.